The third-order valence-corrected chi connectivity index (χ3v) is 3.59. The lowest BCUT2D eigenvalue weighted by atomic mass is 9.99. The van der Waals surface area contributed by atoms with Gasteiger partial charge in [-0.3, -0.25) is 4.99 Å². The van der Waals surface area contributed by atoms with Crippen LogP contribution in [0.15, 0.2) is 22.8 Å². The van der Waals surface area contributed by atoms with Crippen LogP contribution in [0.2, 0.25) is 0 Å². The van der Waals surface area contributed by atoms with Crippen LogP contribution in [0, 0.1) is 12.8 Å². The minimum atomic E-state index is 0.514. The average molecular weight is 265 g/mol. The molecule has 0 saturated heterocycles. The van der Waals surface area contributed by atoms with Crippen molar-refractivity contribution in [3.05, 3.63) is 23.5 Å². The second kappa shape index (κ2) is 7.31. The van der Waals surface area contributed by atoms with Crippen molar-refractivity contribution in [3.8, 4) is 0 Å². The van der Waals surface area contributed by atoms with E-state index in [1.807, 2.05) is 14.0 Å². The Morgan fingerprint density at radius 1 is 1.61 bits per heavy atom. The third kappa shape index (κ3) is 4.61. The lowest BCUT2D eigenvalue weighted by Crippen LogP contribution is -2.10. The van der Waals surface area contributed by atoms with Crippen LogP contribution >= 0.6 is 11.5 Å². The summed E-state index contributed by atoms with van der Waals surface area (Å²) >= 11 is 1.49. The zero-order chi connectivity index (χ0) is 13.5. The summed E-state index contributed by atoms with van der Waals surface area (Å²) in [5, 5.41) is 4.44. The number of nitrogens with one attached hydrogen (secondary N) is 1. The van der Waals surface area contributed by atoms with Crippen LogP contribution in [0.25, 0.3) is 0 Å². The first-order chi connectivity index (χ1) is 8.56. The molecule has 100 valence electrons. The topological polar surface area (TPSA) is 37.3 Å². The smallest absolute Gasteiger partial charge is 0.113 e. The van der Waals surface area contributed by atoms with Crippen molar-refractivity contribution in [1.82, 2.24) is 4.37 Å². The van der Waals surface area contributed by atoms with Gasteiger partial charge >= 0.3 is 0 Å². The summed E-state index contributed by atoms with van der Waals surface area (Å²) in [7, 11) is 1.86. The highest BCUT2D eigenvalue weighted by molar-refractivity contribution is 7.10. The summed E-state index contributed by atoms with van der Waals surface area (Å²) < 4.78 is 4.26. The predicted molar refractivity (Wildman–Crippen MR) is 81.7 cm³/mol. The average Bonchev–Trinajstić information content (AvgIpc) is 2.71. The molecule has 0 aliphatic carbocycles. The van der Waals surface area contributed by atoms with Crippen molar-refractivity contribution >= 4 is 22.2 Å². The van der Waals surface area contributed by atoms with Gasteiger partial charge in [-0.2, -0.15) is 4.37 Å². The fourth-order valence-corrected chi connectivity index (χ4v) is 2.61. The molecule has 1 aromatic rings. The standard InChI is InChI=1S/C14H23N3S/c1-6-7-10(2)13(15-5)8-11(3)16-14-9-12(4)17-18-14/h8-10,16H,6-7H2,1-5H3/b11-8+,15-13?. The summed E-state index contributed by atoms with van der Waals surface area (Å²) in [6.45, 7) is 8.51. The third-order valence-electron chi connectivity index (χ3n) is 2.80. The first-order valence-electron chi connectivity index (χ1n) is 6.42. The second-order valence-corrected chi connectivity index (χ2v) is 5.43. The number of hydrogen-bond donors (Lipinski definition) is 1. The Balaban J connectivity index is 2.69. The molecule has 4 heteroatoms. The quantitative estimate of drug-likeness (QED) is 0.780. The number of hydrogen-bond acceptors (Lipinski definition) is 4. The minimum Gasteiger partial charge on any atom is -0.350 e. The zero-order valence-electron chi connectivity index (χ0n) is 11.9. The molecule has 0 spiro atoms. The van der Waals surface area contributed by atoms with Gasteiger partial charge in [0.15, 0.2) is 0 Å². The molecule has 1 heterocycles. The maximum atomic E-state index is 4.38. The number of rotatable bonds is 6. The van der Waals surface area contributed by atoms with E-state index in [1.54, 1.807) is 0 Å². The van der Waals surface area contributed by atoms with Gasteiger partial charge in [0.25, 0.3) is 0 Å². The molecular formula is C14H23N3S. The van der Waals surface area contributed by atoms with Crippen LogP contribution in [-0.4, -0.2) is 17.1 Å². The summed E-state index contributed by atoms with van der Waals surface area (Å²) in [5.41, 5.74) is 3.32. The van der Waals surface area contributed by atoms with E-state index in [0.717, 1.165) is 22.1 Å². The molecule has 0 fully saturated rings. The molecule has 1 aromatic heterocycles. The van der Waals surface area contributed by atoms with E-state index in [9.17, 15) is 0 Å². The van der Waals surface area contributed by atoms with Gasteiger partial charge in [0.05, 0.1) is 5.69 Å². The van der Waals surface area contributed by atoms with Crippen molar-refractivity contribution in [2.24, 2.45) is 10.9 Å². The molecular weight excluding hydrogens is 242 g/mol. The minimum absolute atomic E-state index is 0.514. The highest BCUT2D eigenvalue weighted by Crippen LogP contribution is 2.18. The van der Waals surface area contributed by atoms with E-state index in [4.69, 9.17) is 0 Å². The normalized spacial score (nSPS) is 14.7. The Kier molecular flexibility index (Phi) is 6.05. The van der Waals surface area contributed by atoms with E-state index >= 15 is 0 Å². The maximum Gasteiger partial charge on any atom is 0.113 e. The molecule has 0 amide bonds. The summed E-state index contributed by atoms with van der Waals surface area (Å²) in [6, 6.07) is 2.06. The fourth-order valence-electron chi connectivity index (χ4n) is 1.88. The number of aromatic nitrogens is 1. The summed E-state index contributed by atoms with van der Waals surface area (Å²) in [6.07, 6.45) is 4.50. The Bertz CT molecular complexity index is 432. The molecule has 0 aliphatic rings. The predicted octanol–water partition coefficient (Wildman–Crippen LogP) is 4.27. The van der Waals surface area contributed by atoms with Gasteiger partial charge in [-0.25, -0.2) is 0 Å². The highest BCUT2D eigenvalue weighted by Gasteiger charge is 2.07. The fraction of sp³-hybridized carbons (Fsp3) is 0.571. The molecule has 0 saturated carbocycles. The lowest BCUT2D eigenvalue weighted by Gasteiger charge is -2.11. The number of aryl methyl sites for hydroxylation is 1. The Morgan fingerprint density at radius 2 is 2.33 bits per heavy atom. The van der Waals surface area contributed by atoms with E-state index in [-0.39, 0.29) is 0 Å². The van der Waals surface area contributed by atoms with Gasteiger partial charge in [-0.05, 0) is 49.9 Å². The number of anilines is 1. The Hall–Kier alpha value is -1.16. The van der Waals surface area contributed by atoms with Gasteiger partial charge in [0.2, 0.25) is 0 Å². The van der Waals surface area contributed by atoms with Crippen LogP contribution in [-0.2, 0) is 0 Å². The Labute approximate surface area is 114 Å². The highest BCUT2D eigenvalue weighted by atomic mass is 32.1. The van der Waals surface area contributed by atoms with Gasteiger partial charge in [0, 0.05) is 18.5 Å². The van der Waals surface area contributed by atoms with Crippen LogP contribution in [0.5, 0.6) is 0 Å². The van der Waals surface area contributed by atoms with Crippen molar-refractivity contribution in [2.45, 2.75) is 40.5 Å². The first-order valence-corrected chi connectivity index (χ1v) is 7.19. The molecule has 0 aromatic carbocycles. The molecule has 3 nitrogen and oxygen atoms in total. The van der Waals surface area contributed by atoms with Gasteiger partial charge in [0.1, 0.15) is 5.00 Å². The van der Waals surface area contributed by atoms with Crippen LogP contribution in [0.3, 0.4) is 0 Å². The Morgan fingerprint density at radius 3 is 2.83 bits per heavy atom. The van der Waals surface area contributed by atoms with Crippen LogP contribution < -0.4 is 5.32 Å². The molecule has 18 heavy (non-hydrogen) atoms. The van der Waals surface area contributed by atoms with E-state index < -0.39 is 0 Å². The number of aliphatic imine (C=N–C) groups is 1. The van der Waals surface area contributed by atoms with Gasteiger partial charge in [-0.1, -0.05) is 20.3 Å². The van der Waals surface area contributed by atoms with E-state index in [0.29, 0.717) is 5.92 Å². The molecule has 1 unspecified atom stereocenters. The van der Waals surface area contributed by atoms with Crippen molar-refractivity contribution < 1.29 is 0 Å². The monoisotopic (exact) mass is 265 g/mol. The van der Waals surface area contributed by atoms with Crippen LogP contribution in [0.4, 0.5) is 5.00 Å². The van der Waals surface area contributed by atoms with Crippen molar-refractivity contribution in [3.63, 3.8) is 0 Å². The van der Waals surface area contributed by atoms with Crippen LogP contribution in [0.1, 0.15) is 39.3 Å². The van der Waals surface area contributed by atoms with Gasteiger partial charge < -0.3 is 5.32 Å². The first kappa shape index (κ1) is 14.9. The molecule has 1 rings (SSSR count). The zero-order valence-corrected chi connectivity index (χ0v) is 12.8. The number of allylic oxidation sites excluding steroid dienone is 2. The summed E-state index contributed by atoms with van der Waals surface area (Å²) in [4.78, 5) is 4.38. The number of nitrogens with zero attached hydrogens (tertiary/aromatic N) is 2. The van der Waals surface area contributed by atoms with E-state index in [2.05, 4.69) is 47.6 Å². The summed E-state index contributed by atoms with van der Waals surface area (Å²) in [5.74, 6) is 0.514. The molecule has 0 bridgehead atoms. The SMILES string of the molecule is CCCC(C)C(/C=C(\C)Nc1cc(C)ns1)=NC. The maximum absolute atomic E-state index is 4.38. The molecule has 1 N–H and O–H groups in total. The molecule has 0 aliphatic heterocycles. The van der Waals surface area contributed by atoms with Crippen molar-refractivity contribution in [2.75, 3.05) is 12.4 Å². The van der Waals surface area contributed by atoms with Crippen molar-refractivity contribution in [1.29, 1.82) is 0 Å². The molecule has 1 atom stereocenters. The largest absolute Gasteiger partial charge is 0.350 e. The molecule has 0 radical (unpaired) electrons. The van der Waals surface area contributed by atoms with E-state index in [1.165, 1.54) is 24.4 Å². The lowest BCUT2D eigenvalue weighted by molar-refractivity contribution is 0.667. The van der Waals surface area contributed by atoms with Gasteiger partial charge in [-0.15, -0.1) is 0 Å². The second-order valence-electron chi connectivity index (χ2n) is 4.62.